The Morgan fingerprint density at radius 2 is 1.06 bits per heavy atom. The van der Waals surface area contributed by atoms with E-state index in [1.807, 2.05) is 18.2 Å². The third-order valence-electron chi connectivity index (χ3n) is 14.8. The molecule has 5 atom stereocenters. The van der Waals surface area contributed by atoms with Crippen molar-refractivity contribution in [2.75, 3.05) is 0 Å². The van der Waals surface area contributed by atoms with Crippen LogP contribution < -0.4 is 0 Å². The molecule has 6 aromatic rings. The summed E-state index contributed by atoms with van der Waals surface area (Å²) in [6, 6.07) is 15.3. The number of halogens is 3. The number of aliphatic hydroxyl groups excluding tert-OH is 3. The van der Waals surface area contributed by atoms with Gasteiger partial charge in [0.05, 0.1) is 73.0 Å². The SMILES string of the molecule is OC(/C=C/c1c(F)cccc1-c1cnc[nH]1)C1CCCCC1.OC(C1CCCCC1)C1CC1c1c(F)cccc1-c1cnc[nH]1.OC(CCc1c(F)cccc1-c1cnc[nH]1)C1CCCCC1. The summed E-state index contributed by atoms with van der Waals surface area (Å²) in [6.07, 6.45) is 31.8. The van der Waals surface area contributed by atoms with E-state index < -0.39 is 6.10 Å². The van der Waals surface area contributed by atoms with Gasteiger partial charge >= 0.3 is 0 Å². The number of rotatable bonds is 13. The second-order valence-corrected chi connectivity index (χ2v) is 19.2. The minimum Gasteiger partial charge on any atom is -0.393 e. The zero-order valence-electron chi connectivity index (χ0n) is 38.5. The van der Waals surface area contributed by atoms with Crippen molar-refractivity contribution in [2.24, 2.45) is 23.7 Å². The number of H-pyrrole nitrogens is 3. The molecule has 4 aliphatic carbocycles. The second-order valence-electron chi connectivity index (χ2n) is 19.2. The van der Waals surface area contributed by atoms with E-state index in [9.17, 15) is 28.5 Å². The summed E-state index contributed by atoms with van der Waals surface area (Å²) in [4.78, 5) is 21.1. The molecule has 0 spiro atoms. The Morgan fingerprint density at radius 1 is 0.567 bits per heavy atom. The van der Waals surface area contributed by atoms with E-state index in [-0.39, 0.29) is 41.5 Å². The van der Waals surface area contributed by atoms with Crippen LogP contribution >= 0.6 is 0 Å². The van der Waals surface area contributed by atoms with Crippen LogP contribution in [0.4, 0.5) is 13.2 Å². The standard InChI is InChI=1S/C19H23FN2O.C18H23FN2O.C18H21FN2O/c20-16-8-4-7-13(17-10-21-11-22-17)18(16)14-9-15(14)19(23)12-5-2-1-3-6-12;2*19-16-8-4-7-15(17-11-20-12-21-17)14(16)9-10-18(22)13-5-2-1-3-6-13/h4,7-8,10-12,14-15,19,23H,1-3,5-6,9H2,(H,21,22);4,7-8,11-13,18,22H,1-3,5-6,9-10H2,(H,20,21);4,7-13,18,22H,1-3,5-6H2,(H,20,21)/b;;10-9+. The van der Waals surface area contributed by atoms with Gasteiger partial charge in [0, 0.05) is 27.8 Å². The Hall–Kier alpha value is -5.30. The van der Waals surface area contributed by atoms with E-state index in [4.69, 9.17) is 0 Å². The van der Waals surface area contributed by atoms with Crippen molar-refractivity contribution in [1.29, 1.82) is 0 Å². The van der Waals surface area contributed by atoms with E-state index in [0.717, 1.165) is 84.3 Å². The molecule has 4 saturated carbocycles. The van der Waals surface area contributed by atoms with Crippen LogP contribution in [0.5, 0.6) is 0 Å². The molecule has 10 rings (SSSR count). The van der Waals surface area contributed by atoms with Crippen LogP contribution in [-0.2, 0) is 6.42 Å². The predicted molar refractivity (Wildman–Crippen MR) is 258 cm³/mol. The Labute approximate surface area is 392 Å². The van der Waals surface area contributed by atoms with Gasteiger partial charge in [-0.25, -0.2) is 28.1 Å². The number of aromatic nitrogens is 6. The zero-order valence-corrected chi connectivity index (χ0v) is 38.5. The Morgan fingerprint density at radius 3 is 1.64 bits per heavy atom. The summed E-state index contributed by atoms with van der Waals surface area (Å²) in [5, 5.41) is 31.4. The van der Waals surface area contributed by atoms with Crippen LogP contribution in [-0.4, -0.2) is 63.5 Å². The lowest BCUT2D eigenvalue weighted by Gasteiger charge is -2.27. The third-order valence-corrected chi connectivity index (χ3v) is 14.8. The first-order valence-corrected chi connectivity index (χ1v) is 24.8. The molecule has 0 aliphatic heterocycles. The highest BCUT2D eigenvalue weighted by Crippen LogP contribution is 2.55. The average Bonchev–Trinajstić information content (AvgIpc) is 3.86. The first-order chi connectivity index (χ1) is 32.8. The molecule has 356 valence electrons. The monoisotopic (exact) mass is 917 g/mol. The van der Waals surface area contributed by atoms with Gasteiger partial charge in [-0.3, -0.25) is 0 Å². The highest BCUT2D eigenvalue weighted by atomic mass is 19.1. The first kappa shape index (κ1) is 48.2. The minimum atomic E-state index is -0.505. The molecule has 0 radical (unpaired) electrons. The van der Waals surface area contributed by atoms with Crippen molar-refractivity contribution in [3.8, 4) is 33.8 Å². The summed E-state index contributed by atoms with van der Waals surface area (Å²) in [7, 11) is 0. The van der Waals surface area contributed by atoms with Crippen molar-refractivity contribution in [2.45, 2.75) is 140 Å². The molecule has 0 amide bonds. The van der Waals surface area contributed by atoms with Crippen LogP contribution in [0.2, 0.25) is 0 Å². The van der Waals surface area contributed by atoms with E-state index >= 15 is 0 Å². The molecule has 3 heterocycles. The van der Waals surface area contributed by atoms with Gasteiger partial charge in [0.1, 0.15) is 17.5 Å². The maximum Gasteiger partial charge on any atom is 0.131 e. The van der Waals surface area contributed by atoms with E-state index in [1.165, 1.54) is 76.0 Å². The molecular formula is C55H67F3N6O3. The molecule has 6 N–H and O–H groups in total. The summed E-state index contributed by atoms with van der Waals surface area (Å²) in [5.41, 5.74) is 6.81. The molecule has 0 bridgehead atoms. The molecule has 4 fully saturated rings. The normalized spacial score (nSPS) is 20.6. The maximum absolute atomic E-state index is 14.5. The molecule has 12 heteroatoms. The fourth-order valence-corrected chi connectivity index (χ4v) is 11.0. The van der Waals surface area contributed by atoms with E-state index in [0.29, 0.717) is 41.7 Å². The zero-order chi connectivity index (χ0) is 46.5. The van der Waals surface area contributed by atoms with Gasteiger partial charge in [-0.05, 0) is 111 Å². The number of benzene rings is 3. The highest BCUT2D eigenvalue weighted by molar-refractivity contribution is 5.73. The van der Waals surface area contributed by atoms with Crippen LogP contribution in [0.15, 0.2) is 98.2 Å². The van der Waals surface area contributed by atoms with Crippen molar-refractivity contribution in [3.05, 3.63) is 132 Å². The van der Waals surface area contributed by atoms with Gasteiger partial charge in [-0.15, -0.1) is 0 Å². The van der Waals surface area contributed by atoms with Crippen molar-refractivity contribution in [3.63, 3.8) is 0 Å². The Bertz CT molecular complexity index is 2420. The lowest BCUT2D eigenvalue weighted by molar-refractivity contribution is 0.0641. The third kappa shape index (κ3) is 12.4. The highest BCUT2D eigenvalue weighted by Gasteiger charge is 2.48. The lowest BCUT2D eigenvalue weighted by Crippen LogP contribution is -2.25. The molecule has 3 aromatic carbocycles. The van der Waals surface area contributed by atoms with Gasteiger partial charge in [-0.1, -0.05) is 106 Å². The second kappa shape index (κ2) is 23.6. The molecule has 4 aliphatic rings. The van der Waals surface area contributed by atoms with Gasteiger partial charge in [-0.2, -0.15) is 0 Å². The van der Waals surface area contributed by atoms with Crippen molar-refractivity contribution >= 4 is 6.08 Å². The summed E-state index contributed by atoms with van der Waals surface area (Å²) in [5.74, 6) is 0.760. The largest absolute Gasteiger partial charge is 0.393 e. The van der Waals surface area contributed by atoms with Gasteiger partial charge < -0.3 is 30.3 Å². The molecule has 9 nitrogen and oxygen atoms in total. The molecular weight excluding hydrogens is 850 g/mol. The molecule has 67 heavy (non-hydrogen) atoms. The fourth-order valence-electron chi connectivity index (χ4n) is 11.0. The molecule has 0 saturated heterocycles. The summed E-state index contributed by atoms with van der Waals surface area (Å²) < 4.78 is 42.9. The Balaban J connectivity index is 0.000000136. The summed E-state index contributed by atoms with van der Waals surface area (Å²) >= 11 is 0. The maximum atomic E-state index is 14.5. The number of hydrogen-bond acceptors (Lipinski definition) is 6. The lowest BCUT2D eigenvalue weighted by atomic mass is 9.82. The summed E-state index contributed by atoms with van der Waals surface area (Å²) in [6.45, 7) is 0. The van der Waals surface area contributed by atoms with Gasteiger partial charge in [0.2, 0.25) is 0 Å². The number of nitrogens with zero attached hydrogens (tertiary/aromatic N) is 3. The number of aromatic amines is 3. The van der Waals surface area contributed by atoms with Crippen LogP contribution in [0.25, 0.3) is 39.8 Å². The van der Waals surface area contributed by atoms with Crippen LogP contribution in [0, 0.1) is 41.1 Å². The quantitative estimate of drug-likeness (QED) is 0.0680. The molecule has 5 unspecified atom stereocenters. The Kier molecular flexibility index (Phi) is 17.0. The van der Waals surface area contributed by atoms with E-state index in [1.54, 1.807) is 67.9 Å². The average molecular weight is 917 g/mol. The van der Waals surface area contributed by atoms with Crippen LogP contribution in [0.1, 0.15) is 132 Å². The molecule has 3 aromatic heterocycles. The van der Waals surface area contributed by atoms with Gasteiger partial charge in [0.15, 0.2) is 0 Å². The number of nitrogens with one attached hydrogen (secondary N) is 3. The number of imidazole rings is 3. The van der Waals surface area contributed by atoms with Crippen LogP contribution in [0.3, 0.4) is 0 Å². The predicted octanol–water partition coefficient (Wildman–Crippen LogP) is 12.5. The number of hydrogen-bond donors (Lipinski definition) is 6. The van der Waals surface area contributed by atoms with Gasteiger partial charge in [0.25, 0.3) is 0 Å². The topological polar surface area (TPSA) is 147 Å². The first-order valence-electron chi connectivity index (χ1n) is 24.8. The van der Waals surface area contributed by atoms with Crippen molar-refractivity contribution in [1.82, 2.24) is 29.9 Å². The van der Waals surface area contributed by atoms with E-state index in [2.05, 4.69) is 29.9 Å². The number of aliphatic hydroxyl groups is 3. The fraction of sp³-hybridized carbons (Fsp3) is 0.473. The van der Waals surface area contributed by atoms with Crippen molar-refractivity contribution < 1.29 is 28.5 Å². The smallest absolute Gasteiger partial charge is 0.131 e. The minimum absolute atomic E-state index is 0.131.